The molecular formula is C21H25FN6O3. The van der Waals surface area contributed by atoms with E-state index in [4.69, 9.17) is 0 Å². The largest absolute Gasteiger partial charge is 0.367 e. The number of amides is 1. The first-order chi connectivity index (χ1) is 14.8. The molecule has 0 saturated carbocycles. The van der Waals surface area contributed by atoms with E-state index in [-0.39, 0.29) is 35.5 Å². The fourth-order valence-electron chi connectivity index (χ4n) is 4.12. The first kappa shape index (κ1) is 20.8. The predicted octanol–water partition coefficient (Wildman–Crippen LogP) is 0.666. The summed E-state index contributed by atoms with van der Waals surface area (Å²) in [7, 11) is 2.92. The first-order valence-corrected chi connectivity index (χ1v) is 10.2. The van der Waals surface area contributed by atoms with Crippen molar-refractivity contribution < 1.29 is 9.18 Å². The Morgan fingerprint density at radius 3 is 2.81 bits per heavy atom. The summed E-state index contributed by atoms with van der Waals surface area (Å²) >= 11 is 0. The van der Waals surface area contributed by atoms with Crippen LogP contribution in [-0.2, 0) is 25.4 Å². The van der Waals surface area contributed by atoms with Gasteiger partial charge in [-0.25, -0.2) is 14.2 Å². The zero-order valence-electron chi connectivity index (χ0n) is 17.8. The van der Waals surface area contributed by atoms with Crippen LogP contribution in [0.5, 0.6) is 0 Å². The summed E-state index contributed by atoms with van der Waals surface area (Å²) < 4.78 is 18.0. The maximum atomic E-state index is 14.3. The van der Waals surface area contributed by atoms with Gasteiger partial charge in [0.05, 0.1) is 12.0 Å². The van der Waals surface area contributed by atoms with E-state index in [0.29, 0.717) is 12.2 Å². The molecule has 1 saturated heterocycles. The third-order valence-electron chi connectivity index (χ3n) is 5.76. The summed E-state index contributed by atoms with van der Waals surface area (Å²) in [6.07, 6.45) is 3.01. The minimum absolute atomic E-state index is 0.0980. The second kappa shape index (κ2) is 8.01. The molecule has 1 aromatic carbocycles. The summed E-state index contributed by atoms with van der Waals surface area (Å²) in [4.78, 5) is 43.4. The number of aryl methyl sites for hydroxylation is 2. The average Bonchev–Trinajstić information content (AvgIpc) is 3.16. The van der Waals surface area contributed by atoms with Crippen LogP contribution in [0.4, 0.5) is 10.1 Å². The van der Waals surface area contributed by atoms with Gasteiger partial charge in [-0.1, -0.05) is 6.07 Å². The van der Waals surface area contributed by atoms with E-state index in [9.17, 15) is 18.8 Å². The summed E-state index contributed by atoms with van der Waals surface area (Å²) in [6.45, 7) is 3.05. The van der Waals surface area contributed by atoms with Gasteiger partial charge in [0.1, 0.15) is 12.4 Å². The molecule has 1 fully saturated rings. The Morgan fingerprint density at radius 1 is 1.26 bits per heavy atom. The lowest BCUT2D eigenvalue weighted by atomic mass is 10.0. The average molecular weight is 428 g/mol. The molecule has 0 spiro atoms. The summed E-state index contributed by atoms with van der Waals surface area (Å²) in [5.74, 6) is -0.546. The number of nitrogens with zero attached hydrogens (tertiary/aromatic N) is 5. The molecule has 0 bridgehead atoms. The van der Waals surface area contributed by atoms with Crippen LogP contribution in [-0.4, -0.2) is 43.7 Å². The highest BCUT2D eigenvalue weighted by molar-refractivity contribution is 5.79. The maximum Gasteiger partial charge on any atom is 0.332 e. The predicted molar refractivity (Wildman–Crippen MR) is 115 cm³/mol. The Balaban J connectivity index is 1.50. The molecule has 1 aliphatic heterocycles. The quantitative estimate of drug-likeness (QED) is 0.659. The second-order valence-electron chi connectivity index (χ2n) is 8.06. The molecule has 1 unspecified atom stereocenters. The van der Waals surface area contributed by atoms with Crippen molar-refractivity contribution >= 4 is 22.8 Å². The molecule has 1 atom stereocenters. The normalized spacial score (nSPS) is 16.6. The number of rotatable bonds is 4. The Morgan fingerprint density at radius 2 is 2.03 bits per heavy atom. The van der Waals surface area contributed by atoms with Crippen molar-refractivity contribution in [1.29, 1.82) is 0 Å². The summed E-state index contributed by atoms with van der Waals surface area (Å²) in [5, 5.41) is 2.99. The number of fused-ring (bicyclic) bond motifs is 1. The van der Waals surface area contributed by atoms with E-state index in [1.807, 2.05) is 17.9 Å². The number of anilines is 1. The fourth-order valence-corrected chi connectivity index (χ4v) is 4.12. The molecular weight excluding hydrogens is 403 g/mol. The summed E-state index contributed by atoms with van der Waals surface area (Å²) in [5.41, 5.74) is 0.987. The number of aromatic nitrogens is 4. The highest BCUT2D eigenvalue weighted by atomic mass is 19.1. The van der Waals surface area contributed by atoms with E-state index in [0.717, 1.165) is 29.5 Å². The Kier molecular flexibility index (Phi) is 5.38. The van der Waals surface area contributed by atoms with E-state index in [2.05, 4.69) is 10.3 Å². The van der Waals surface area contributed by atoms with Gasteiger partial charge in [-0.3, -0.25) is 18.7 Å². The molecule has 0 radical (unpaired) electrons. The number of benzene rings is 1. The number of hydrogen-bond acceptors (Lipinski definition) is 5. The van der Waals surface area contributed by atoms with Crippen molar-refractivity contribution in [3.63, 3.8) is 0 Å². The molecule has 1 amide bonds. The molecule has 3 aromatic rings. The van der Waals surface area contributed by atoms with Crippen LogP contribution < -0.4 is 21.5 Å². The maximum absolute atomic E-state index is 14.3. The third kappa shape index (κ3) is 3.85. The van der Waals surface area contributed by atoms with Gasteiger partial charge in [0.15, 0.2) is 11.2 Å². The number of imidazole rings is 1. The molecule has 3 heterocycles. The Bertz CT molecular complexity index is 1270. The number of halogens is 1. The minimum Gasteiger partial charge on any atom is -0.367 e. The molecule has 1 N–H and O–H groups in total. The number of nitrogens with one attached hydrogen (secondary N) is 1. The molecule has 4 rings (SSSR count). The number of hydrogen-bond donors (Lipinski definition) is 1. The lowest BCUT2D eigenvalue weighted by Crippen LogP contribution is -2.48. The number of carbonyl (C=O) groups excluding carboxylic acids is 1. The third-order valence-corrected chi connectivity index (χ3v) is 5.76. The highest BCUT2D eigenvalue weighted by Gasteiger charge is 2.24. The van der Waals surface area contributed by atoms with Crippen molar-refractivity contribution in [2.24, 2.45) is 14.1 Å². The van der Waals surface area contributed by atoms with Gasteiger partial charge < -0.3 is 14.8 Å². The van der Waals surface area contributed by atoms with Gasteiger partial charge in [0, 0.05) is 33.2 Å². The van der Waals surface area contributed by atoms with Crippen molar-refractivity contribution in [3.05, 3.63) is 56.7 Å². The van der Waals surface area contributed by atoms with Crippen LogP contribution in [0.3, 0.4) is 0 Å². The van der Waals surface area contributed by atoms with Crippen LogP contribution in [0.1, 0.15) is 18.4 Å². The minimum atomic E-state index is -0.498. The van der Waals surface area contributed by atoms with Crippen molar-refractivity contribution in [3.8, 4) is 0 Å². The van der Waals surface area contributed by atoms with Crippen LogP contribution in [0, 0.1) is 12.7 Å². The lowest BCUT2D eigenvalue weighted by Gasteiger charge is -2.35. The molecule has 2 aromatic heterocycles. The highest BCUT2D eigenvalue weighted by Crippen LogP contribution is 2.24. The van der Waals surface area contributed by atoms with Gasteiger partial charge in [-0.15, -0.1) is 0 Å². The van der Waals surface area contributed by atoms with E-state index < -0.39 is 11.2 Å². The van der Waals surface area contributed by atoms with Gasteiger partial charge in [-0.2, -0.15) is 0 Å². The van der Waals surface area contributed by atoms with E-state index in [1.165, 1.54) is 35.6 Å². The lowest BCUT2D eigenvalue weighted by molar-refractivity contribution is -0.122. The zero-order chi connectivity index (χ0) is 22.3. The number of carbonyl (C=O) groups is 1. The molecule has 0 aliphatic carbocycles. The SMILES string of the molecule is Cc1ccc(F)c(N2CCCC(NC(=O)Cn3cnc4c3c(=O)n(C)c(=O)n4C)C2)c1. The van der Waals surface area contributed by atoms with Gasteiger partial charge in [-0.05, 0) is 37.5 Å². The van der Waals surface area contributed by atoms with E-state index in [1.54, 1.807) is 6.07 Å². The fraction of sp³-hybridized carbons (Fsp3) is 0.429. The topological polar surface area (TPSA) is 94.2 Å². The van der Waals surface area contributed by atoms with Gasteiger partial charge in [0.25, 0.3) is 5.56 Å². The zero-order valence-corrected chi connectivity index (χ0v) is 17.8. The Hall–Kier alpha value is -3.43. The standard InChI is InChI=1S/C21H25FN6O3/c1-13-6-7-15(22)16(9-13)27-8-4-5-14(10-27)24-17(29)11-28-12-23-19-18(28)20(30)26(3)21(31)25(19)2/h6-7,9,12,14H,4-5,8,10-11H2,1-3H3,(H,24,29). The molecule has 164 valence electrons. The van der Waals surface area contributed by atoms with Gasteiger partial charge >= 0.3 is 5.69 Å². The molecule has 1 aliphatic rings. The summed E-state index contributed by atoms with van der Waals surface area (Å²) in [6, 6.07) is 4.88. The Labute approximate surface area is 177 Å². The number of piperidine rings is 1. The molecule has 10 heteroatoms. The van der Waals surface area contributed by atoms with Crippen molar-refractivity contribution in [2.45, 2.75) is 32.4 Å². The van der Waals surface area contributed by atoms with Crippen molar-refractivity contribution in [1.82, 2.24) is 24.0 Å². The van der Waals surface area contributed by atoms with E-state index >= 15 is 0 Å². The van der Waals surface area contributed by atoms with Crippen LogP contribution in [0.25, 0.3) is 11.2 Å². The van der Waals surface area contributed by atoms with Gasteiger partial charge in [0.2, 0.25) is 5.91 Å². The second-order valence-corrected chi connectivity index (χ2v) is 8.06. The van der Waals surface area contributed by atoms with Crippen LogP contribution >= 0.6 is 0 Å². The molecule has 9 nitrogen and oxygen atoms in total. The van der Waals surface area contributed by atoms with Crippen LogP contribution in [0.15, 0.2) is 34.1 Å². The first-order valence-electron chi connectivity index (χ1n) is 10.2. The smallest absolute Gasteiger partial charge is 0.332 e. The monoisotopic (exact) mass is 428 g/mol. The van der Waals surface area contributed by atoms with Crippen LogP contribution in [0.2, 0.25) is 0 Å². The molecule has 31 heavy (non-hydrogen) atoms. The van der Waals surface area contributed by atoms with Crippen molar-refractivity contribution in [2.75, 3.05) is 18.0 Å².